The number of thiazole rings is 1. The molecular weight excluding hydrogens is 288 g/mol. The fraction of sp³-hybridized carbons (Fsp3) is 0.800. The van der Waals surface area contributed by atoms with E-state index >= 15 is 0 Å². The van der Waals surface area contributed by atoms with E-state index in [1.807, 2.05) is 23.1 Å². The van der Waals surface area contributed by atoms with Crippen molar-refractivity contribution in [1.29, 1.82) is 0 Å². The molecule has 0 spiro atoms. The van der Waals surface area contributed by atoms with Gasteiger partial charge in [0.1, 0.15) is 11.1 Å². The Morgan fingerprint density at radius 2 is 2.40 bits per heavy atom. The van der Waals surface area contributed by atoms with Crippen LogP contribution < -0.4 is 5.32 Å². The van der Waals surface area contributed by atoms with Crippen molar-refractivity contribution < 1.29 is 4.74 Å². The van der Waals surface area contributed by atoms with Crippen LogP contribution in [-0.4, -0.2) is 36.2 Å². The smallest absolute Gasteiger partial charge is 0.123 e. The van der Waals surface area contributed by atoms with Crippen molar-refractivity contribution in [2.24, 2.45) is 0 Å². The predicted molar refractivity (Wildman–Crippen MR) is 87.0 cm³/mol. The van der Waals surface area contributed by atoms with E-state index in [0.717, 1.165) is 31.2 Å². The minimum absolute atomic E-state index is 0.244. The summed E-state index contributed by atoms with van der Waals surface area (Å²) in [5, 5.41) is 4.79. The lowest BCUT2D eigenvalue weighted by atomic mass is 9.91. The second kappa shape index (κ2) is 7.25. The first-order valence-electron chi connectivity index (χ1n) is 7.78. The quantitative estimate of drug-likeness (QED) is 0.845. The summed E-state index contributed by atoms with van der Waals surface area (Å²) >= 11 is 3.90. The highest BCUT2D eigenvalue weighted by molar-refractivity contribution is 7.99. The number of ether oxygens (including phenoxy) is 1. The van der Waals surface area contributed by atoms with Crippen LogP contribution >= 0.6 is 23.1 Å². The Labute approximate surface area is 129 Å². The molecule has 0 radical (unpaired) electrons. The molecule has 3 rings (SSSR count). The Bertz CT molecular complexity index is 430. The van der Waals surface area contributed by atoms with Gasteiger partial charge in [-0.1, -0.05) is 6.92 Å². The molecule has 1 aromatic rings. The third-order valence-corrected chi connectivity index (χ3v) is 6.21. The fourth-order valence-electron chi connectivity index (χ4n) is 2.95. The Balaban J connectivity index is 1.70. The molecule has 0 aromatic carbocycles. The molecule has 1 aliphatic carbocycles. The monoisotopic (exact) mass is 312 g/mol. The third-order valence-electron chi connectivity index (χ3n) is 4.00. The summed E-state index contributed by atoms with van der Waals surface area (Å²) in [5.41, 5.74) is 1.37. The lowest BCUT2D eigenvalue weighted by Gasteiger charge is -2.21. The van der Waals surface area contributed by atoms with Crippen LogP contribution in [0.2, 0.25) is 0 Å². The average molecular weight is 313 g/mol. The zero-order chi connectivity index (χ0) is 13.8. The van der Waals surface area contributed by atoms with E-state index in [4.69, 9.17) is 9.72 Å². The molecular formula is C15H24N2OS2. The fourth-order valence-corrected chi connectivity index (χ4v) is 5.14. The van der Waals surface area contributed by atoms with Gasteiger partial charge in [-0.2, -0.15) is 11.8 Å². The van der Waals surface area contributed by atoms with E-state index in [9.17, 15) is 0 Å². The Kier molecular flexibility index (Phi) is 5.37. The number of hydrogen-bond acceptors (Lipinski definition) is 5. The van der Waals surface area contributed by atoms with Crippen LogP contribution in [0.5, 0.6) is 0 Å². The lowest BCUT2D eigenvalue weighted by Crippen LogP contribution is -2.25. The minimum atomic E-state index is 0.244. The van der Waals surface area contributed by atoms with Crippen LogP contribution in [0.15, 0.2) is 0 Å². The van der Waals surface area contributed by atoms with E-state index in [2.05, 4.69) is 12.2 Å². The molecule has 1 aliphatic heterocycles. The standard InChI is InChI=1S/C15H24N2OS2/c1-2-6-16-9-11-4-3-5-13-14(11)17-15(20-13)12-10-19-8-7-18-12/h11-12,16H,2-10H2,1H3. The average Bonchev–Trinajstić information content (AvgIpc) is 2.93. The van der Waals surface area contributed by atoms with Crippen molar-refractivity contribution in [2.75, 3.05) is 31.2 Å². The Morgan fingerprint density at radius 3 is 3.20 bits per heavy atom. The van der Waals surface area contributed by atoms with E-state index in [1.165, 1.54) is 41.3 Å². The van der Waals surface area contributed by atoms with Gasteiger partial charge in [0.2, 0.25) is 0 Å². The van der Waals surface area contributed by atoms with Crippen molar-refractivity contribution in [3.05, 3.63) is 15.6 Å². The van der Waals surface area contributed by atoms with Gasteiger partial charge >= 0.3 is 0 Å². The van der Waals surface area contributed by atoms with Crippen molar-refractivity contribution in [3.8, 4) is 0 Å². The van der Waals surface area contributed by atoms with Gasteiger partial charge in [0.05, 0.1) is 12.3 Å². The highest BCUT2D eigenvalue weighted by Crippen LogP contribution is 2.38. The second-order valence-corrected chi connectivity index (χ2v) is 7.85. The van der Waals surface area contributed by atoms with Gasteiger partial charge in [0.15, 0.2) is 0 Å². The molecule has 2 aliphatic rings. The molecule has 2 unspecified atom stereocenters. The molecule has 0 amide bonds. The number of nitrogens with one attached hydrogen (secondary N) is 1. The largest absolute Gasteiger partial charge is 0.369 e. The SMILES string of the molecule is CCCNCC1CCCc2sc(C3CSCCO3)nc21. The van der Waals surface area contributed by atoms with Gasteiger partial charge in [-0.05, 0) is 32.2 Å². The summed E-state index contributed by atoms with van der Waals surface area (Å²) in [7, 11) is 0. The first-order chi connectivity index (χ1) is 9.88. The molecule has 20 heavy (non-hydrogen) atoms. The van der Waals surface area contributed by atoms with Gasteiger partial charge < -0.3 is 10.1 Å². The highest BCUT2D eigenvalue weighted by atomic mass is 32.2. The zero-order valence-electron chi connectivity index (χ0n) is 12.2. The number of fused-ring (bicyclic) bond motifs is 1. The van der Waals surface area contributed by atoms with Crippen LogP contribution in [-0.2, 0) is 11.2 Å². The minimum Gasteiger partial charge on any atom is -0.369 e. The van der Waals surface area contributed by atoms with Crippen LogP contribution in [0.4, 0.5) is 0 Å². The van der Waals surface area contributed by atoms with Gasteiger partial charge in [0, 0.05) is 28.8 Å². The van der Waals surface area contributed by atoms with Crippen molar-refractivity contribution in [2.45, 2.75) is 44.6 Å². The van der Waals surface area contributed by atoms with Gasteiger partial charge in [-0.15, -0.1) is 11.3 Å². The zero-order valence-corrected chi connectivity index (χ0v) is 13.8. The number of rotatable bonds is 5. The highest BCUT2D eigenvalue weighted by Gasteiger charge is 2.28. The molecule has 0 bridgehead atoms. The third kappa shape index (κ3) is 3.38. The molecule has 2 heterocycles. The number of aryl methyl sites for hydroxylation is 1. The van der Waals surface area contributed by atoms with E-state index in [-0.39, 0.29) is 6.10 Å². The summed E-state index contributed by atoms with van der Waals surface area (Å²) < 4.78 is 5.89. The molecule has 5 heteroatoms. The topological polar surface area (TPSA) is 34.1 Å². The van der Waals surface area contributed by atoms with Crippen LogP contribution in [0, 0.1) is 0 Å². The molecule has 1 saturated heterocycles. The maximum atomic E-state index is 5.89. The van der Waals surface area contributed by atoms with Gasteiger partial charge in [0.25, 0.3) is 0 Å². The van der Waals surface area contributed by atoms with Crippen LogP contribution in [0.1, 0.15) is 53.8 Å². The maximum absolute atomic E-state index is 5.89. The molecule has 1 aromatic heterocycles. The van der Waals surface area contributed by atoms with Gasteiger partial charge in [-0.3, -0.25) is 0 Å². The maximum Gasteiger partial charge on any atom is 0.123 e. The molecule has 112 valence electrons. The summed E-state index contributed by atoms with van der Waals surface area (Å²) in [6, 6.07) is 0. The number of hydrogen-bond donors (Lipinski definition) is 1. The van der Waals surface area contributed by atoms with Crippen molar-refractivity contribution >= 4 is 23.1 Å². The Hall–Kier alpha value is -0.100. The number of thioether (sulfide) groups is 1. The van der Waals surface area contributed by atoms with E-state index in [0.29, 0.717) is 5.92 Å². The molecule has 0 saturated carbocycles. The summed E-state index contributed by atoms with van der Waals surface area (Å²) in [6.45, 7) is 5.30. The van der Waals surface area contributed by atoms with Crippen LogP contribution in [0.3, 0.4) is 0 Å². The van der Waals surface area contributed by atoms with Crippen LogP contribution in [0.25, 0.3) is 0 Å². The molecule has 2 atom stereocenters. The molecule has 3 nitrogen and oxygen atoms in total. The van der Waals surface area contributed by atoms with Gasteiger partial charge in [-0.25, -0.2) is 4.98 Å². The van der Waals surface area contributed by atoms with E-state index < -0.39 is 0 Å². The summed E-state index contributed by atoms with van der Waals surface area (Å²) in [6.07, 6.45) is 5.26. The summed E-state index contributed by atoms with van der Waals surface area (Å²) in [4.78, 5) is 6.50. The molecule has 1 N–H and O–H groups in total. The molecule has 1 fully saturated rings. The first kappa shape index (κ1) is 14.8. The number of aromatic nitrogens is 1. The number of nitrogens with zero attached hydrogens (tertiary/aromatic N) is 1. The van der Waals surface area contributed by atoms with E-state index in [1.54, 1.807) is 0 Å². The van der Waals surface area contributed by atoms with Crippen molar-refractivity contribution in [3.63, 3.8) is 0 Å². The summed E-state index contributed by atoms with van der Waals surface area (Å²) in [5.74, 6) is 2.82. The second-order valence-electron chi connectivity index (χ2n) is 5.59. The normalized spacial score (nSPS) is 26.4. The Morgan fingerprint density at radius 1 is 1.45 bits per heavy atom. The van der Waals surface area contributed by atoms with Crippen molar-refractivity contribution in [1.82, 2.24) is 10.3 Å². The lowest BCUT2D eigenvalue weighted by molar-refractivity contribution is 0.0754. The predicted octanol–water partition coefficient (Wildman–Crippen LogP) is 3.37. The first-order valence-corrected chi connectivity index (χ1v) is 9.75.